The van der Waals surface area contributed by atoms with Gasteiger partial charge in [-0.1, -0.05) is 28.9 Å². The van der Waals surface area contributed by atoms with Gasteiger partial charge in [-0.2, -0.15) is 5.11 Å². The number of azo groups is 1. The maximum absolute atomic E-state index is 12.3. The Balaban J connectivity index is 1.85. The highest BCUT2D eigenvalue weighted by atomic mass is 16.5. The molecule has 1 N–H and O–H groups in total. The molecule has 0 aliphatic carbocycles. The SMILES string of the molecule is Cc1ccc(N=Nc2cc(C)ccc2NC(=O)c2cc(C)no2)cc1. The summed E-state index contributed by atoms with van der Waals surface area (Å²) in [6.07, 6.45) is 0. The van der Waals surface area contributed by atoms with E-state index in [1.165, 1.54) is 0 Å². The minimum atomic E-state index is -0.378. The molecule has 0 spiro atoms. The van der Waals surface area contributed by atoms with Crippen LogP contribution in [0.1, 0.15) is 27.4 Å². The summed E-state index contributed by atoms with van der Waals surface area (Å²) in [6.45, 7) is 5.73. The second kappa shape index (κ2) is 7.09. The van der Waals surface area contributed by atoms with E-state index >= 15 is 0 Å². The van der Waals surface area contributed by atoms with Gasteiger partial charge in [-0.05, 0) is 50.6 Å². The summed E-state index contributed by atoms with van der Waals surface area (Å²) in [5.41, 5.74) is 4.70. The highest BCUT2D eigenvalue weighted by Gasteiger charge is 2.14. The first-order valence-corrected chi connectivity index (χ1v) is 7.85. The Morgan fingerprint density at radius 2 is 1.68 bits per heavy atom. The molecule has 0 saturated carbocycles. The molecule has 6 heteroatoms. The third kappa shape index (κ3) is 4.17. The second-order valence-electron chi connectivity index (χ2n) is 5.84. The van der Waals surface area contributed by atoms with Crippen molar-refractivity contribution >= 4 is 23.0 Å². The number of aryl methyl sites for hydroxylation is 3. The molecule has 1 heterocycles. The van der Waals surface area contributed by atoms with Crippen molar-refractivity contribution in [3.05, 3.63) is 71.1 Å². The van der Waals surface area contributed by atoms with E-state index in [1.54, 1.807) is 19.1 Å². The molecule has 126 valence electrons. The maximum Gasteiger partial charge on any atom is 0.294 e. The van der Waals surface area contributed by atoms with Crippen LogP contribution in [0.4, 0.5) is 17.1 Å². The van der Waals surface area contributed by atoms with Crippen molar-refractivity contribution in [1.29, 1.82) is 0 Å². The standard InChI is InChI=1S/C19H18N4O2/c1-12-4-7-15(8-5-12)21-22-17-10-13(2)6-9-16(17)20-19(24)18-11-14(3)23-25-18/h4-11H,1-3H3,(H,20,24). The quantitative estimate of drug-likeness (QED) is 0.660. The van der Waals surface area contributed by atoms with E-state index in [2.05, 4.69) is 20.7 Å². The zero-order valence-electron chi connectivity index (χ0n) is 14.3. The molecule has 0 atom stereocenters. The number of hydrogen-bond acceptors (Lipinski definition) is 5. The van der Waals surface area contributed by atoms with Crippen molar-refractivity contribution < 1.29 is 9.32 Å². The number of benzene rings is 2. The van der Waals surface area contributed by atoms with E-state index in [4.69, 9.17) is 4.52 Å². The van der Waals surface area contributed by atoms with Crippen LogP contribution in [0.25, 0.3) is 0 Å². The number of hydrogen-bond donors (Lipinski definition) is 1. The van der Waals surface area contributed by atoms with Crippen molar-refractivity contribution in [1.82, 2.24) is 5.16 Å². The monoisotopic (exact) mass is 334 g/mol. The molecule has 0 fully saturated rings. The predicted molar refractivity (Wildman–Crippen MR) is 95.7 cm³/mol. The fourth-order valence-electron chi connectivity index (χ4n) is 2.21. The molecular formula is C19H18N4O2. The number of nitrogens with one attached hydrogen (secondary N) is 1. The number of anilines is 1. The zero-order chi connectivity index (χ0) is 17.8. The number of rotatable bonds is 4. The lowest BCUT2D eigenvalue weighted by molar-refractivity contribution is 0.0988. The Hall–Kier alpha value is -3.28. The summed E-state index contributed by atoms with van der Waals surface area (Å²) < 4.78 is 4.99. The summed E-state index contributed by atoms with van der Waals surface area (Å²) in [5.74, 6) is -0.226. The van der Waals surface area contributed by atoms with Crippen LogP contribution in [-0.4, -0.2) is 11.1 Å². The third-order valence-electron chi connectivity index (χ3n) is 3.56. The average Bonchev–Trinajstić information content (AvgIpc) is 3.03. The van der Waals surface area contributed by atoms with Gasteiger partial charge in [0.25, 0.3) is 5.91 Å². The highest BCUT2D eigenvalue weighted by Crippen LogP contribution is 2.28. The van der Waals surface area contributed by atoms with Gasteiger partial charge in [-0.15, -0.1) is 5.11 Å². The van der Waals surface area contributed by atoms with Gasteiger partial charge in [-0.25, -0.2) is 0 Å². The highest BCUT2D eigenvalue weighted by molar-refractivity contribution is 6.03. The number of nitrogens with zero attached hydrogens (tertiary/aromatic N) is 3. The molecule has 0 radical (unpaired) electrons. The minimum absolute atomic E-state index is 0.152. The summed E-state index contributed by atoms with van der Waals surface area (Å²) in [7, 11) is 0. The minimum Gasteiger partial charge on any atom is -0.351 e. The molecule has 1 aromatic heterocycles. The Morgan fingerprint density at radius 1 is 0.960 bits per heavy atom. The molecule has 2 aromatic carbocycles. The largest absolute Gasteiger partial charge is 0.351 e. The van der Waals surface area contributed by atoms with E-state index in [0.717, 1.165) is 16.8 Å². The predicted octanol–water partition coefficient (Wildman–Crippen LogP) is 5.27. The maximum atomic E-state index is 12.3. The van der Waals surface area contributed by atoms with Crippen LogP contribution in [0.15, 0.2) is 63.3 Å². The number of carbonyl (C=O) groups is 1. The lowest BCUT2D eigenvalue weighted by atomic mass is 10.2. The first-order valence-electron chi connectivity index (χ1n) is 7.85. The molecular weight excluding hydrogens is 316 g/mol. The van der Waals surface area contributed by atoms with Crippen molar-refractivity contribution in [2.75, 3.05) is 5.32 Å². The van der Waals surface area contributed by atoms with Crippen LogP contribution >= 0.6 is 0 Å². The Morgan fingerprint density at radius 3 is 2.36 bits per heavy atom. The van der Waals surface area contributed by atoms with Crippen molar-refractivity contribution in [3.8, 4) is 0 Å². The van der Waals surface area contributed by atoms with Gasteiger partial charge in [0, 0.05) is 6.07 Å². The zero-order valence-corrected chi connectivity index (χ0v) is 14.3. The van der Waals surface area contributed by atoms with E-state index in [1.807, 2.05) is 50.2 Å². The Bertz CT molecular complexity index is 927. The van der Waals surface area contributed by atoms with Gasteiger partial charge in [-0.3, -0.25) is 4.79 Å². The van der Waals surface area contributed by atoms with Crippen LogP contribution in [0.2, 0.25) is 0 Å². The van der Waals surface area contributed by atoms with Gasteiger partial charge in [0.2, 0.25) is 5.76 Å². The van der Waals surface area contributed by atoms with Crippen molar-refractivity contribution in [2.45, 2.75) is 20.8 Å². The molecule has 3 aromatic rings. The normalized spacial score (nSPS) is 11.0. The smallest absolute Gasteiger partial charge is 0.294 e. The number of amides is 1. The van der Waals surface area contributed by atoms with Gasteiger partial charge in [0.05, 0.1) is 17.1 Å². The van der Waals surface area contributed by atoms with Crippen LogP contribution < -0.4 is 5.32 Å². The molecule has 3 rings (SSSR count). The van der Waals surface area contributed by atoms with Gasteiger partial charge < -0.3 is 9.84 Å². The number of carbonyl (C=O) groups excluding carboxylic acids is 1. The molecule has 1 amide bonds. The molecule has 0 unspecified atom stereocenters. The summed E-state index contributed by atoms with van der Waals surface area (Å²) >= 11 is 0. The fourth-order valence-corrected chi connectivity index (χ4v) is 2.21. The molecule has 25 heavy (non-hydrogen) atoms. The summed E-state index contributed by atoms with van der Waals surface area (Å²) in [4.78, 5) is 12.3. The molecule has 0 saturated heterocycles. The van der Waals surface area contributed by atoms with E-state index in [-0.39, 0.29) is 11.7 Å². The van der Waals surface area contributed by atoms with Crippen LogP contribution in [0.5, 0.6) is 0 Å². The molecule has 6 nitrogen and oxygen atoms in total. The first kappa shape index (κ1) is 16.6. The average molecular weight is 334 g/mol. The summed E-state index contributed by atoms with van der Waals surface area (Å²) in [6, 6.07) is 14.9. The molecule has 0 aliphatic heterocycles. The number of aromatic nitrogens is 1. The van der Waals surface area contributed by atoms with Crippen molar-refractivity contribution in [2.24, 2.45) is 10.2 Å². The first-order chi connectivity index (χ1) is 12.0. The topological polar surface area (TPSA) is 79.9 Å². The summed E-state index contributed by atoms with van der Waals surface area (Å²) in [5, 5.41) is 15.0. The lowest BCUT2D eigenvalue weighted by Crippen LogP contribution is -2.11. The second-order valence-corrected chi connectivity index (χ2v) is 5.84. The molecule has 0 aliphatic rings. The third-order valence-corrected chi connectivity index (χ3v) is 3.56. The van der Waals surface area contributed by atoms with Gasteiger partial charge in [0.1, 0.15) is 5.69 Å². The van der Waals surface area contributed by atoms with E-state index in [0.29, 0.717) is 17.1 Å². The van der Waals surface area contributed by atoms with Gasteiger partial charge >= 0.3 is 0 Å². The van der Waals surface area contributed by atoms with E-state index in [9.17, 15) is 4.79 Å². The molecule has 0 bridgehead atoms. The van der Waals surface area contributed by atoms with Crippen LogP contribution in [0, 0.1) is 20.8 Å². The van der Waals surface area contributed by atoms with Crippen molar-refractivity contribution in [3.63, 3.8) is 0 Å². The lowest BCUT2D eigenvalue weighted by Gasteiger charge is -2.07. The van der Waals surface area contributed by atoms with Crippen LogP contribution in [0.3, 0.4) is 0 Å². The Kier molecular flexibility index (Phi) is 4.70. The van der Waals surface area contributed by atoms with Crippen LogP contribution in [-0.2, 0) is 0 Å². The Labute approximate surface area is 145 Å². The van der Waals surface area contributed by atoms with E-state index < -0.39 is 0 Å². The fraction of sp³-hybridized carbons (Fsp3) is 0.158. The van der Waals surface area contributed by atoms with Gasteiger partial charge in [0.15, 0.2) is 0 Å².